The van der Waals surface area contributed by atoms with Gasteiger partial charge >= 0.3 is 0 Å². The number of carbonyl (C=O) groups is 1. The Labute approximate surface area is 129 Å². The third kappa shape index (κ3) is 3.96. The molecule has 3 atom stereocenters. The molecule has 3 unspecified atom stereocenters. The Bertz CT molecular complexity index is 333. The van der Waals surface area contributed by atoms with E-state index in [1.54, 1.807) is 0 Å². The van der Waals surface area contributed by atoms with E-state index in [4.69, 9.17) is 4.74 Å². The van der Waals surface area contributed by atoms with Gasteiger partial charge in [0.25, 0.3) is 0 Å². The van der Waals surface area contributed by atoms with E-state index in [1.807, 2.05) is 0 Å². The molecule has 5 heteroatoms. The highest BCUT2D eigenvalue weighted by Crippen LogP contribution is 2.22. The maximum Gasteiger partial charge on any atom is 0.229 e. The number of nitrogens with one attached hydrogen (secondary N) is 1. The van der Waals surface area contributed by atoms with E-state index in [0.717, 1.165) is 45.6 Å². The van der Waals surface area contributed by atoms with Crippen LogP contribution < -0.4 is 5.32 Å². The Morgan fingerprint density at radius 1 is 1.29 bits per heavy atom. The largest absolute Gasteiger partial charge is 0.379 e. The lowest BCUT2D eigenvalue weighted by Gasteiger charge is -2.27. The molecule has 0 aliphatic carbocycles. The first-order chi connectivity index (χ1) is 10.2. The van der Waals surface area contributed by atoms with Crippen molar-refractivity contribution < 1.29 is 9.53 Å². The monoisotopic (exact) mass is 297 g/mol. The molecule has 0 bridgehead atoms. The lowest BCUT2D eigenvalue weighted by molar-refractivity contribution is -0.135. The van der Waals surface area contributed by atoms with E-state index in [9.17, 15) is 4.79 Å². The van der Waals surface area contributed by atoms with Crippen molar-refractivity contribution in [1.29, 1.82) is 0 Å². The van der Waals surface area contributed by atoms with Crippen molar-refractivity contribution in [2.45, 2.75) is 45.7 Å². The molecule has 5 nitrogen and oxygen atoms in total. The van der Waals surface area contributed by atoms with Crippen molar-refractivity contribution >= 4 is 5.91 Å². The van der Waals surface area contributed by atoms with Crippen LogP contribution in [0.4, 0.5) is 0 Å². The fourth-order valence-corrected chi connectivity index (χ4v) is 3.54. The van der Waals surface area contributed by atoms with Crippen LogP contribution in [0.25, 0.3) is 0 Å². The number of likely N-dealkylation sites (tertiary alicyclic amines) is 1. The number of likely N-dealkylation sites (N-methyl/N-ethyl adjacent to an activating group) is 1. The van der Waals surface area contributed by atoms with Gasteiger partial charge in [-0.25, -0.2) is 0 Å². The Kier molecular flexibility index (Phi) is 6.45. The summed E-state index contributed by atoms with van der Waals surface area (Å²) in [4.78, 5) is 17.3. The number of ether oxygens (including phenoxy) is 1. The number of nitrogens with zero attached hydrogens (tertiary/aromatic N) is 2. The van der Waals surface area contributed by atoms with Crippen LogP contribution >= 0.6 is 0 Å². The molecule has 0 saturated carbocycles. The van der Waals surface area contributed by atoms with Gasteiger partial charge in [-0.2, -0.15) is 0 Å². The molecule has 2 heterocycles. The zero-order valence-electron chi connectivity index (χ0n) is 13.8. The Morgan fingerprint density at radius 2 is 2.05 bits per heavy atom. The van der Waals surface area contributed by atoms with Gasteiger partial charge in [-0.3, -0.25) is 9.69 Å². The second kappa shape index (κ2) is 8.11. The van der Waals surface area contributed by atoms with Crippen molar-refractivity contribution in [2.75, 3.05) is 45.9 Å². The van der Waals surface area contributed by atoms with E-state index in [2.05, 4.69) is 35.9 Å². The molecule has 21 heavy (non-hydrogen) atoms. The standard InChI is InChI=1S/C16H31N3O2/c1-4-8-17-15-12-21-11-14(15)16(20)19-9-7-13(10-19)18(5-2)6-3/h13-15,17H,4-12H2,1-3H3. The minimum atomic E-state index is 0.00648. The molecule has 2 fully saturated rings. The fraction of sp³-hybridized carbons (Fsp3) is 0.938. The summed E-state index contributed by atoms with van der Waals surface area (Å²) in [6.07, 6.45) is 2.19. The van der Waals surface area contributed by atoms with E-state index in [0.29, 0.717) is 19.3 Å². The van der Waals surface area contributed by atoms with Crippen molar-refractivity contribution in [3.05, 3.63) is 0 Å². The Morgan fingerprint density at radius 3 is 2.71 bits per heavy atom. The molecule has 1 N–H and O–H groups in total. The lowest BCUT2D eigenvalue weighted by Crippen LogP contribution is -2.46. The zero-order valence-corrected chi connectivity index (χ0v) is 13.8. The first kappa shape index (κ1) is 16.7. The molecule has 2 aliphatic heterocycles. The summed E-state index contributed by atoms with van der Waals surface area (Å²) >= 11 is 0. The lowest BCUT2D eigenvalue weighted by atomic mass is 10.0. The molecule has 1 amide bonds. The average Bonchev–Trinajstić information content (AvgIpc) is 3.15. The second-order valence-corrected chi connectivity index (χ2v) is 6.15. The first-order valence-corrected chi connectivity index (χ1v) is 8.55. The predicted octanol–water partition coefficient (Wildman–Crippen LogP) is 0.944. The minimum absolute atomic E-state index is 0.00648. The van der Waals surface area contributed by atoms with Gasteiger partial charge in [0.1, 0.15) is 0 Å². The van der Waals surface area contributed by atoms with Crippen LogP contribution in [-0.2, 0) is 9.53 Å². The van der Waals surface area contributed by atoms with Crippen LogP contribution in [0.15, 0.2) is 0 Å². The van der Waals surface area contributed by atoms with Crippen LogP contribution in [0.5, 0.6) is 0 Å². The SMILES string of the molecule is CCCNC1COCC1C(=O)N1CCC(N(CC)CC)C1. The topological polar surface area (TPSA) is 44.8 Å². The van der Waals surface area contributed by atoms with E-state index < -0.39 is 0 Å². The molecular weight excluding hydrogens is 266 g/mol. The van der Waals surface area contributed by atoms with Crippen LogP contribution in [-0.4, -0.2) is 73.7 Å². The summed E-state index contributed by atoms with van der Waals surface area (Å²) < 4.78 is 5.54. The van der Waals surface area contributed by atoms with Crippen LogP contribution in [0.1, 0.15) is 33.6 Å². The highest BCUT2D eigenvalue weighted by atomic mass is 16.5. The summed E-state index contributed by atoms with van der Waals surface area (Å²) in [5, 5.41) is 3.46. The molecule has 0 aromatic rings. The maximum absolute atomic E-state index is 12.8. The van der Waals surface area contributed by atoms with Crippen molar-refractivity contribution in [1.82, 2.24) is 15.1 Å². The molecule has 0 radical (unpaired) electrons. The van der Waals surface area contributed by atoms with Gasteiger partial charge < -0.3 is 15.0 Å². The maximum atomic E-state index is 12.8. The van der Waals surface area contributed by atoms with Gasteiger partial charge in [0.15, 0.2) is 0 Å². The third-order valence-corrected chi connectivity index (χ3v) is 4.86. The number of rotatable bonds is 7. The summed E-state index contributed by atoms with van der Waals surface area (Å²) in [6, 6.07) is 0.735. The zero-order chi connectivity index (χ0) is 15.2. The highest BCUT2D eigenvalue weighted by molar-refractivity contribution is 5.80. The Balaban J connectivity index is 1.88. The van der Waals surface area contributed by atoms with Crippen LogP contribution in [0.3, 0.4) is 0 Å². The smallest absolute Gasteiger partial charge is 0.229 e. The summed E-state index contributed by atoms with van der Waals surface area (Å²) in [7, 11) is 0. The molecule has 2 saturated heterocycles. The molecule has 0 aromatic heterocycles. The number of amides is 1. The quantitative estimate of drug-likeness (QED) is 0.760. The molecule has 2 aliphatic rings. The summed E-state index contributed by atoms with van der Waals surface area (Å²) in [6.45, 7) is 12.7. The number of hydrogen-bond acceptors (Lipinski definition) is 4. The molecule has 0 aromatic carbocycles. The van der Waals surface area contributed by atoms with E-state index in [1.165, 1.54) is 0 Å². The van der Waals surface area contributed by atoms with Gasteiger partial charge in [-0.1, -0.05) is 20.8 Å². The van der Waals surface area contributed by atoms with Crippen LogP contribution in [0, 0.1) is 5.92 Å². The van der Waals surface area contributed by atoms with Gasteiger partial charge in [-0.15, -0.1) is 0 Å². The number of hydrogen-bond donors (Lipinski definition) is 1. The van der Waals surface area contributed by atoms with Gasteiger partial charge in [0.05, 0.1) is 19.1 Å². The minimum Gasteiger partial charge on any atom is -0.379 e. The Hall–Kier alpha value is -0.650. The van der Waals surface area contributed by atoms with Gasteiger partial charge in [0, 0.05) is 25.2 Å². The molecule has 0 spiro atoms. The van der Waals surface area contributed by atoms with Crippen molar-refractivity contribution in [2.24, 2.45) is 5.92 Å². The molecular formula is C16H31N3O2. The van der Waals surface area contributed by atoms with Crippen LogP contribution in [0.2, 0.25) is 0 Å². The predicted molar refractivity (Wildman–Crippen MR) is 84.3 cm³/mol. The first-order valence-electron chi connectivity index (χ1n) is 8.55. The van der Waals surface area contributed by atoms with E-state index in [-0.39, 0.29) is 17.9 Å². The highest BCUT2D eigenvalue weighted by Gasteiger charge is 2.39. The average molecular weight is 297 g/mol. The summed E-state index contributed by atoms with van der Waals surface area (Å²) in [5.74, 6) is 0.294. The molecule has 122 valence electrons. The van der Waals surface area contributed by atoms with Gasteiger partial charge in [0.2, 0.25) is 5.91 Å². The van der Waals surface area contributed by atoms with Crippen molar-refractivity contribution in [3.8, 4) is 0 Å². The fourth-order valence-electron chi connectivity index (χ4n) is 3.54. The van der Waals surface area contributed by atoms with Gasteiger partial charge in [-0.05, 0) is 32.5 Å². The summed E-state index contributed by atoms with van der Waals surface area (Å²) in [5.41, 5.74) is 0. The third-order valence-electron chi connectivity index (χ3n) is 4.86. The molecule has 2 rings (SSSR count). The number of carbonyl (C=O) groups excluding carboxylic acids is 1. The van der Waals surface area contributed by atoms with Crippen molar-refractivity contribution in [3.63, 3.8) is 0 Å². The normalized spacial score (nSPS) is 29.5. The van der Waals surface area contributed by atoms with E-state index >= 15 is 0 Å². The second-order valence-electron chi connectivity index (χ2n) is 6.15.